The molecule has 168 valence electrons. The van der Waals surface area contributed by atoms with Crippen LogP contribution in [0.25, 0.3) is 44.4 Å². The largest absolute Gasteiger partial charge is 0.345 e. The first-order valence-corrected chi connectivity index (χ1v) is 12.4. The summed E-state index contributed by atoms with van der Waals surface area (Å²) >= 11 is 0. The van der Waals surface area contributed by atoms with Crippen LogP contribution in [0.1, 0.15) is 53.9 Å². The van der Waals surface area contributed by atoms with Crippen LogP contribution in [0.3, 0.4) is 0 Å². The van der Waals surface area contributed by atoms with E-state index in [4.69, 9.17) is 4.98 Å². The van der Waals surface area contributed by atoms with Crippen molar-refractivity contribution in [2.45, 2.75) is 52.4 Å². The van der Waals surface area contributed by atoms with E-state index in [0.717, 1.165) is 43.0 Å². The number of H-pyrrole nitrogens is 2. The molecular weight excluding hydrogens is 416 g/mol. The monoisotopic (exact) mass is 444 g/mol. The van der Waals surface area contributed by atoms with Gasteiger partial charge >= 0.3 is 0 Å². The minimum atomic E-state index is 0.414. The van der Waals surface area contributed by atoms with Gasteiger partial charge in [-0.25, -0.2) is 9.97 Å². The van der Waals surface area contributed by atoms with E-state index in [-0.39, 0.29) is 0 Å². The molecule has 2 aromatic heterocycles. The van der Waals surface area contributed by atoms with Crippen LogP contribution in [0.2, 0.25) is 0 Å². The lowest BCUT2D eigenvalue weighted by Gasteiger charge is -2.19. The molecule has 0 radical (unpaired) electrons. The Hall–Kier alpha value is -3.66. The fourth-order valence-corrected chi connectivity index (χ4v) is 5.84. The normalized spacial score (nSPS) is 14.1. The zero-order valence-corrected chi connectivity index (χ0v) is 19.9. The van der Waals surface area contributed by atoms with Crippen LogP contribution in [0.4, 0.5) is 0 Å². The van der Waals surface area contributed by atoms with Gasteiger partial charge in [-0.15, -0.1) is 0 Å². The van der Waals surface area contributed by atoms with Gasteiger partial charge in [0, 0.05) is 22.7 Å². The Morgan fingerprint density at radius 2 is 1.62 bits per heavy atom. The molecule has 3 aromatic carbocycles. The van der Waals surface area contributed by atoms with E-state index in [0.29, 0.717) is 5.92 Å². The van der Waals surface area contributed by atoms with Crippen molar-refractivity contribution in [2.75, 3.05) is 0 Å². The SMILES string of the molecule is Cc1nc2c([nH]1)-c1ccc(-c3ccc4c5c(ccc4c3)-c3nc(C(C)C)[nH]c3CC5)cc1CC2. The van der Waals surface area contributed by atoms with Crippen molar-refractivity contribution < 1.29 is 0 Å². The molecule has 0 unspecified atom stereocenters. The summed E-state index contributed by atoms with van der Waals surface area (Å²) in [4.78, 5) is 16.7. The predicted molar refractivity (Wildman–Crippen MR) is 138 cm³/mol. The Morgan fingerprint density at radius 1 is 0.794 bits per heavy atom. The minimum Gasteiger partial charge on any atom is -0.345 e. The molecule has 0 spiro atoms. The van der Waals surface area contributed by atoms with Crippen molar-refractivity contribution >= 4 is 10.8 Å². The molecule has 0 fully saturated rings. The quantitative estimate of drug-likeness (QED) is 0.311. The summed E-state index contributed by atoms with van der Waals surface area (Å²) in [7, 11) is 0. The maximum Gasteiger partial charge on any atom is 0.109 e. The average Bonchev–Trinajstić information content (AvgIpc) is 3.46. The molecule has 2 heterocycles. The molecule has 0 amide bonds. The molecule has 34 heavy (non-hydrogen) atoms. The molecule has 7 rings (SSSR count). The van der Waals surface area contributed by atoms with E-state index < -0.39 is 0 Å². The lowest BCUT2D eigenvalue weighted by atomic mass is 9.86. The Balaban J connectivity index is 1.29. The van der Waals surface area contributed by atoms with Crippen LogP contribution in [-0.4, -0.2) is 19.9 Å². The van der Waals surface area contributed by atoms with Crippen LogP contribution in [0.15, 0.2) is 48.5 Å². The molecule has 4 nitrogen and oxygen atoms in total. The van der Waals surface area contributed by atoms with E-state index in [1.54, 1.807) is 0 Å². The fourth-order valence-electron chi connectivity index (χ4n) is 5.84. The van der Waals surface area contributed by atoms with Gasteiger partial charge in [-0.2, -0.15) is 0 Å². The number of aryl methyl sites for hydroxylation is 5. The van der Waals surface area contributed by atoms with Crippen molar-refractivity contribution in [3.63, 3.8) is 0 Å². The van der Waals surface area contributed by atoms with Gasteiger partial charge in [-0.05, 0) is 71.7 Å². The van der Waals surface area contributed by atoms with E-state index >= 15 is 0 Å². The van der Waals surface area contributed by atoms with Crippen molar-refractivity contribution in [1.82, 2.24) is 19.9 Å². The highest BCUT2D eigenvalue weighted by molar-refractivity contribution is 5.95. The highest BCUT2D eigenvalue weighted by Gasteiger charge is 2.23. The van der Waals surface area contributed by atoms with Crippen molar-refractivity contribution in [1.29, 1.82) is 0 Å². The topological polar surface area (TPSA) is 57.4 Å². The van der Waals surface area contributed by atoms with Gasteiger partial charge < -0.3 is 9.97 Å². The first-order chi connectivity index (χ1) is 16.5. The number of nitrogens with one attached hydrogen (secondary N) is 2. The van der Waals surface area contributed by atoms with Crippen molar-refractivity contribution in [3.8, 4) is 33.6 Å². The van der Waals surface area contributed by atoms with Gasteiger partial charge in [-0.3, -0.25) is 0 Å². The molecule has 2 aliphatic carbocycles. The first kappa shape index (κ1) is 19.8. The number of benzene rings is 3. The summed E-state index contributed by atoms with van der Waals surface area (Å²) in [6.07, 6.45) is 4.14. The Bertz CT molecular complexity index is 1600. The highest BCUT2D eigenvalue weighted by Crippen LogP contribution is 2.39. The second-order valence-corrected chi connectivity index (χ2v) is 10.1. The maximum absolute atomic E-state index is 4.96. The fraction of sp³-hybridized carbons (Fsp3) is 0.267. The van der Waals surface area contributed by atoms with Gasteiger partial charge in [0.15, 0.2) is 0 Å². The highest BCUT2D eigenvalue weighted by atomic mass is 14.9. The van der Waals surface area contributed by atoms with E-state index in [1.807, 2.05) is 6.92 Å². The third kappa shape index (κ3) is 2.91. The van der Waals surface area contributed by atoms with Gasteiger partial charge in [0.25, 0.3) is 0 Å². The van der Waals surface area contributed by atoms with Crippen LogP contribution in [0, 0.1) is 6.92 Å². The molecule has 5 aromatic rings. The standard InChI is InChI=1S/C30H28N4/c1-16(2)30-33-27-13-11-24-22-8-4-18(14-20(22)6-10-25(24)29(27)34-30)19-5-9-23-21(15-19)7-12-26-28(23)32-17(3)31-26/h4-6,8-10,14-16H,7,11-13H2,1-3H3,(H,31,32)(H,33,34). The van der Waals surface area contributed by atoms with Gasteiger partial charge in [0.1, 0.15) is 11.6 Å². The number of fused-ring (bicyclic) bond motifs is 8. The molecule has 0 saturated carbocycles. The van der Waals surface area contributed by atoms with Crippen molar-refractivity contribution in [2.24, 2.45) is 0 Å². The molecular formula is C30H28N4. The van der Waals surface area contributed by atoms with E-state index in [1.165, 1.54) is 61.2 Å². The molecule has 0 atom stereocenters. The number of aromatic nitrogens is 4. The van der Waals surface area contributed by atoms with E-state index in [2.05, 4.69) is 77.3 Å². The van der Waals surface area contributed by atoms with Crippen molar-refractivity contribution in [3.05, 3.63) is 82.7 Å². The first-order valence-electron chi connectivity index (χ1n) is 12.4. The molecule has 4 heteroatoms. The number of hydrogen-bond donors (Lipinski definition) is 2. The number of nitrogens with zero attached hydrogens (tertiary/aromatic N) is 2. The van der Waals surface area contributed by atoms with Crippen LogP contribution < -0.4 is 0 Å². The van der Waals surface area contributed by atoms with Gasteiger partial charge in [0.05, 0.1) is 17.1 Å². The third-order valence-electron chi connectivity index (χ3n) is 7.59. The minimum absolute atomic E-state index is 0.414. The maximum atomic E-state index is 4.96. The second-order valence-electron chi connectivity index (χ2n) is 10.1. The van der Waals surface area contributed by atoms with Gasteiger partial charge in [0.2, 0.25) is 0 Å². The van der Waals surface area contributed by atoms with Gasteiger partial charge in [-0.1, -0.05) is 56.3 Å². The molecule has 0 aliphatic heterocycles. The summed E-state index contributed by atoms with van der Waals surface area (Å²) in [5, 5.41) is 2.67. The third-order valence-corrected chi connectivity index (χ3v) is 7.59. The average molecular weight is 445 g/mol. The zero-order valence-electron chi connectivity index (χ0n) is 19.9. The smallest absolute Gasteiger partial charge is 0.109 e. The number of rotatable bonds is 2. The Morgan fingerprint density at radius 3 is 2.50 bits per heavy atom. The summed E-state index contributed by atoms with van der Waals surface area (Å²) in [5.74, 6) is 2.51. The molecule has 2 N–H and O–H groups in total. The summed E-state index contributed by atoms with van der Waals surface area (Å²) in [6.45, 7) is 6.43. The molecule has 0 bridgehead atoms. The molecule has 2 aliphatic rings. The summed E-state index contributed by atoms with van der Waals surface area (Å²) in [5.41, 5.74) is 12.9. The predicted octanol–water partition coefficient (Wildman–Crippen LogP) is 6.92. The summed E-state index contributed by atoms with van der Waals surface area (Å²) in [6, 6.07) is 18.4. The number of imidazole rings is 2. The summed E-state index contributed by atoms with van der Waals surface area (Å²) < 4.78 is 0. The Labute approximate surface area is 199 Å². The van der Waals surface area contributed by atoms with Crippen LogP contribution >= 0.6 is 0 Å². The number of hydrogen-bond acceptors (Lipinski definition) is 2. The lowest BCUT2D eigenvalue weighted by Crippen LogP contribution is -2.04. The number of aromatic amines is 2. The van der Waals surface area contributed by atoms with E-state index in [9.17, 15) is 0 Å². The van der Waals surface area contributed by atoms with Crippen LogP contribution in [0.5, 0.6) is 0 Å². The van der Waals surface area contributed by atoms with Crippen LogP contribution in [-0.2, 0) is 25.7 Å². The Kier molecular flexibility index (Phi) is 4.17. The lowest BCUT2D eigenvalue weighted by molar-refractivity contribution is 0.787. The zero-order chi connectivity index (χ0) is 23.0. The second kappa shape index (κ2) is 7.17. The molecule has 0 saturated heterocycles.